The number of nitrogens with zero attached hydrogens (tertiary/aromatic N) is 3. The molecule has 2 aromatic carbocycles. The van der Waals surface area contributed by atoms with E-state index in [0.717, 1.165) is 16.8 Å². The molecule has 1 atom stereocenters. The average Bonchev–Trinajstić information content (AvgIpc) is 3.18. The molecule has 0 amide bonds. The van der Waals surface area contributed by atoms with E-state index < -0.39 is 0 Å². The van der Waals surface area contributed by atoms with Gasteiger partial charge in [-0.25, -0.2) is 4.39 Å². The van der Waals surface area contributed by atoms with Crippen molar-refractivity contribution in [2.24, 2.45) is 0 Å². The Bertz CT molecular complexity index is 1080. The highest BCUT2D eigenvalue weighted by atomic mass is 35.5. The lowest BCUT2D eigenvalue weighted by molar-refractivity contribution is 0.398. The molecule has 0 bridgehead atoms. The van der Waals surface area contributed by atoms with Crippen LogP contribution in [0.15, 0.2) is 58.8 Å². The molecule has 1 aromatic heterocycles. The molecule has 1 unspecified atom stereocenters. The topological polar surface area (TPSA) is 54.2 Å². The third-order valence-electron chi connectivity index (χ3n) is 4.87. The fourth-order valence-electron chi connectivity index (χ4n) is 3.39. The summed E-state index contributed by atoms with van der Waals surface area (Å²) in [4.78, 5) is 6.56. The number of nitrogens with one attached hydrogen (secondary N) is 1. The first-order chi connectivity index (χ1) is 14.0. The molecule has 8 heteroatoms. The molecule has 3 aromatic rings. The molecule has 0 radical (unpaired) electrons. The van der Waals surface area contributed by atoms with E-state index in [2.05, 4.69) is 15.5 Å². The van der Waals surface area contributed by atoms with Crippen LogP contribution in [0, 0.1) is 5.82 Å². The fourth-order valence-corrected chi connectivity index (χ4v) is 3.90. The van der Waals surface area contributed by atoms with Gasteiger partial charge in [0, 0.05) is 22.8 Å². The maximum Gasteiger partial charge on any atom is 0.258 e. The van der Waals surface area contributed by atoms with Crippen LogP contribution in [-0.4, -0.2) is 26.7 Å². The summed E-state index contributed by atoms with van der Waals surface area (Å²) in [6, 6.07) is 13.3. The van der Waals surface area contributed by atoms with Crippen LogP contribution in [0.2, 0.25) is 5.02 Å². The summed E-state index contributed by atoms with van der Waals surface area (Å²) in [6.07, 6.45) is 0. The van der Waals surface area contributed by atoms with E-state index in [4.69, 9.17) is 28.3 Å². The van der Waals surface area contributed by atoms with Crippen molar-refractivity contribution in [3.8, 4) is 11.4 Å². The first-order valence-electron chi connectivity index (χ1n) is 9.12. The van der Waals surface area contributed by atoms with Crippen LogP contribution in [0.1, 0.15) is 31.3 Å². The Morgan fingerprint density at radius 1 is 1.17 bits per heavy atom. The molecular formula is C21H18ClFN4OS. The normalized spacial score (nSPS) is 16.9. The zero-order valence-corrected chi connectivity index (χ0v) is 17.4. The molecule has 148 valence electrons. The van der Waals surface area contributed by atoms with Crippen molar-refractivity contribution in [1.82, 2.24) is 20.4 Å². The van der Waals surface area contributed by atoms with Crippen LogP contribution >= 0.6 is 23.8 Å². The Labute approximate surface area is 178 Å². The lowest BCUT2D eigenvalue weighted by Crippen LogP contribution is -2.45. The highest BCUT2D eigenvalue weighted by Gasteiger charge is 2.33. The predicted octanol–water partition coefficient (Wildman–Crippen LogP) is 5.21. The van der Waals surface area contributed by atoms with E-state index in [0.29, 0.717) is 34.0 Å². The maximum absolute atomic E-state index is 13.2. The molecule has 0 aliphatic carbocycles. The first-order valence-corrected chi connectivity index (χ1v) is 9.91. The van der Waals surface area contributed by atoms with Crippen LogP contribution in [-0.2, 0) is 0 Å². The van der Waals surface area contributed by atoms with Crippen molar-refractivity contribution in [2.45, 2.75) is 19.9 Å². The van der Waals surface area contributed by atoms with E-state index in [1.54, 1.807) is 12.1 Å². The van der Waals surface area contributed by atoms with Gasteiger partial charge in [-0.3, -0.25) is 0 Å². The summed E-state index contributed by atoms with van der Waals surface area (Å²) in [5, 5.41) is 8.75. The standard InChI is InChI=1S/C21H18ClFN4OS/c1-3-27-12(2)17(18(24-21(27)29)13-4-8-15(22)9-5-13)20-25-19(26-28-20)14-6-10-16(23)11-7-14/h4-11,18H,3H2,1-2H3,(H,24,29). The SMILES string of the molecule is CCN1C(=S)NC(c2ccc(Cl)cc2)C(c2nc(-c3ccc(F)cc3)no2)=C1C. The Balaban J connectivity index is 1.80. The Morgan fingerprint density at radius 3 is 2.52 bits per heavy atom. The van der Waals surface area contributed by atoms with Gasteiger partial charge in [0.15, 0.2) is 5.11 Å². The number of aromatic nitrogens is 2. The van der Waals surface area contributed by atoms with Crippen molar-refractivity contribution < 1.29 is 8.91 Å². The van der Waals surface area contributed by atoms with Gasteiger partial charge < -0.3 is 14.7 Å². The molecule has 4 rings (SSSR count). The van der Waals surface area contributed by atoms with Crippen molar-refractivity contribution in [3.63, 3.8) is 0 Å². The second-order valence-electron chi connectivity index (χ2n) is 6.61. The average molecular weight is 429 g/mol. The van der Waals surface area contributed by atoms with Crippen molar-refractivity contribution in [1.29, 1.82) is 0 Å². The minimum atomic E-state index is -0.317. The number of hydrogen-bond donors (Lipinski definition) is 1. The number of thiocarbonyl (C=S) groups is 1. The largest absolute Gasteiger partial charge is 0.351 e. The second kappa shape index (κ2) is 7.93. The summed E-state index contributed by atoms with van der Waals surface area (Å²) in [5.41, 5.74) is 3.42. The number of hydrogen-bond acceptors (Lipinski definition) is 4. The zero-order chi connectivity index (χ0) is 20.5. The Morgan fingerprint density at radius 2 is 1.86 bits per heavy atom. The monoisotopic (exact) mass is 428 g/mol. The number of halogens is 2. The van der Waals surface area contributed by atoms with E-state index in [9.17, 15) is 4.39 Å². The summed E-state index contributed by atoms with van der Waals surface area (Å²) in [6.45, 7) is 4.71. The molecule has 0 fully saturated rings. The zero-order valence-electron chi connectivity index (χ0n) is 15.8. The molecule has 1 aliphatic rings. The lowest BCUT2D eigenvalue weighted by Gasteiger charge is -2.36. The third kappa shape index (κ3) is 3.75. The Kier molecular flexibility index (Phi) is 5.34. The van der Waals surface area contributed by atoms with E-state index >= 15 is 0 Å². The van der Waals surface area contributed by atoms with Crippen LogP contribution in [0.5, 0.6) is 0 Å². The number of rotatable bonds is 4. The Hall–Kier alpha value is -2.77. The summed E-state index contributed by atoms with van der Waals surface area (Å²) >= 11 is 11.6. The first kappa shape index (κ1) is 19.5. The third-order valence-corrected chi connectivity index (χ3v) is 5.46. The summed E-state index contributed by atoms with van der Waals surface area (Å²) in [5.74, 6) is 0.462. The van der Waals surface area contributed by atoms with Crippen molar-refractivity contribution in [2.75, 3.05) is 6.54 Å². The van der Waals surface area contributed by atoms with Gasteiger partial charge >= 0.3 is 0 Å². The molecule has 1 N–H and O–H groups in total. The smallest absolute Gasteiger partial charge is 0.258 e. The van der Waals surface area contributed by atoms with E-state index in [-0.39, 0.29) is 11.9 Å². The van der Waals surface area contributed by atoms with Crippen LogP contribution in [0.4, 0.5) is 4.39 Å². The fraction of sp³-hybridized carbons (Fsp3) is 0.190. The molecule has 0 spiro atoms. The van der Waals surface area contributed by atoms with E-state index in [1.165, 1.54) is 12.1 Å². The number of benzene rings is 2. The van der Waals surface area contributed by atoms with Gasteiger partial charge in [-0.05, 0) is 68.0 Å². The number of allylic oxidation sites excluding steroid dienone is 1. The summed E-state index contributed by atoms with van der Waals surface area (Å²) < 4.78 is 18.8. The van der Waals surface area contributed by atoms with Crippen molar-refractivity contribution in [3.05, 3.63) is 76.5 Å². The second-order valence-corrected chi connectivity index (χ2v) is 7.43. The van der Waals surface area contributed by atoms with Gasteiger partial charge in [0.2, 0.25) is 5.82 Å². The summed E-state index contributed by atoms with van der Waals surface area (Å²) in [7, 11) is 0. The van der Waals surface area contributed by atoms with Gasteiger partial charge in [-0.15, -0.1) is 0 Å². The highest BCUT2D eigenvalue weighted by molar-refractivity contribution is 7.80. The quantitative estimate of drug-likeness (QED) is 0.575. The molecule has 29 heavy (non-hydrogen) atoms. The molecule has 0 saturated heterocycles. The lowest BCUT2D eigenvalue weighted by atomic mass is 9.95. The molecule has 1 aliphatic heterocycles. The van der Waals surface area contributed by atoms with Gasteiger partial charge in [0.05, 0.1) is 11.6 Å². The van der Waals surface area contributed by atoms with Crippen LogP contribution in [0.25, 0.3) is 17.0 Å². The molecule has 5 nitrogen and oxygen atoms in total. The van der Waals surface area contributed by atoms with Gasteiger partial charge in [-0.1, -0.05) is 28.9 Å². The van der Waals surface area contributed by atoms with Gasteiger partial charge in [0.1, 0.15) is 5.82 Å². The van der Waals surface area contributed by atoms with Crippen LogP contribution in [0.3, 0.4) is 0 Å². The van der Waals surface area contributed by atoms with Crippen molar-refractivity contribution >= 4 is 34.5 Å². The molecular weight excluding hydrogens is 411 g/mol. The minimum Gasteiger partial charge on any atom is -0.351 e. The highest BCUT2D eigenvalue weighted by Crippen LogP contribution is 2.37. The van der Waals surface area contributed by atoms with Gasteiger partial charge in [0.25, 0.3) is 5.89 Å². The molecule has 2 heterocycles. The predicted molar refractivity (Wildman–Crippen MR) is 115 cm³/mol. The molecule has 0 saturated carbocycles. The minimum absolute atomic E-state index is 0.260. The van der Waals surface area contributed by atoms with E-state index in [1.807, 2.05) is 43.0 Å². The van der Waals surface area contributed by atoms with Crippen LogP contribution < -0.4 is 5.32 Å². The van der Waals surface area contributed by atoms with Gasteiger partial charge in [-0.2, -0.15) is 4.98 Å². The maximum atomic E-state index is 13.2.